The number of rotatable bonds is 4. The van der Waals surface area contributed by atoms with Crippen LogP contribution in [0, 0.1) is 5.82 Å². The van der Waals surface area contributed by atoms with E-state index >= 15 is 0 Å². The number of halogens is 3. The van der Waals surface area contributed by atoms with E-state index in [9.17, 15) is 4.39 Å². The Balaban J connectivity index is 0.00000144. The second-order valence-corrected chi connectivity index (χ2v) is 3.90. The van der Waals surface area contributed by atoms with Crippen LogP contribution in [0.2, 0.25) is 0 Å². The van der Waals surface area contributed by atoms with Crippen molar-refractivity contribution in [2.45, 2.75) is 0 Å². The van der Waals surface area contributed by atoms with Crippen LogP contribution in [-0.2, 0) is 0 Å². The van der Waals surface area contributed by atoms with Crippen LogP contribution < -0.4 is 10.1 Å². The number of ether oxygens (including phenoxy) is 1. The van der Waals surface area contributed by atoms with Crippen LogP contribution in [0.4, 0.5) is 4.39 Å². The number of hydrogen-bond donors (Lipinski definition) is 1. The highest BCUT2D eigenvalue weighted by atomic mass is 35.5. The molecule has 0 amide bonds. The summed E-state index contributed by atoms with van der Waals surface area (Å²) in [6.45, 7) is 5.72. The Morgan fingerprint density at radius 1 is 1.22 bits per heavy atom. The highest BCUT2D eigenvalue weighted by Crippen LogP contribution is 2.11. The van der Waals surface area contributed by atoms with Gasteiger partial charge < -0.3 is 10.1 Å². The molecule has 1 heterocycles. The van der Waals surface area contributed by atoms with Crippen LogP contribution >= 0.6 is 24.8 Å². The van der Waals surface area contributed by atoms with Gasteiger partial charge in [-0.2, -0.15) is 0 Å². The van der Waals surface area contributed by atoms with Crippen molar-refractivity contribution in [2.75, 3.05) is 39.3 Å². The second kappa shape index (κ2) is 9.39. The Morgan fingerprint density at radius 2 is 1.94 bits per heavy atom. The summed E-state index contributed by atoms with van der Waals surface area (Å²) in [4.78, 5) is 2.34. The van der Waals surface area contributed by atoms with Crippen molar-refractivity contribution >= 4 is 24.8 Å². The van der Waals surface area contributed by atoms with Crippen LogP contribution in [0.5, 0.6) is 5.75 Å². The smallest absolute Gasteiger partial charge is 0.126 e. The highest BCUT2D eigenvalue weighted by molar-refractivity contribution is 5.85. The minimum absolute atomic E-state index is 0. The predicted octanol–water partition coefficient (Wildman–Crippen LogP) is 1.95. The van der Waals surface area contributed by atoms with Gasteiger partial charge in [0.15, 0.2) is 0 Å². The van der Waals surface area contributed by atoms with E-state index in [-0.39, 0.29) is 30.6 Å². The number of hydrogen-bond acceptors (Lipinski definition) is 3. The maximum absolute atomic E-state index is 12.9. The summed E-state index contributed by atoms with van der Waals surface area (Å²) in [7, 11) is 0. The lowest BCUT2D eigenvalue weighted by Gasteiger charge is -2.26. The molecule has 2 rings (SSSR count). The lowest BCUT2D eigenvalue weighted by Crippen LogP contribution is -2.44. The lowest BCUT2D eigenvalue weighted by atomic mass is 10.3. The van der Waals surface area contributed by atoms with Gasteiger partial charge in [-0.15, -0.1) is 24.8 Å². The standard InChI is InChI=1S/C12H17FN2O.2ClH/c13-11-2-1-3-12(10-11)16-9-8-15-6-4-14-5-7-15;;/h1-3,10,14H,4-9H2;2*1H. The highest BCUT2D eigenvalue weighted by Gasteiger charge is 2.08. The summed E-state index contributed by atoms with van der Waals surface area (Å²) in [5.41, 5.74) is 0. The molecule has 1 saturated heterocycles. The average Bonchev–Trinajstić information content (AvgIpc) is 2.30. The third kappa shape index (κ3) is 5.87. The molecule has 0 aromatic heterocycles. The van der Waals surface area contributed by atoms with Gasteiger partial charge >= 0.3 is 0 Å². The van der Waals surface area contributed by atoms with E-state index in [0.717, 1.165) is 32.7 Å². The fourth-order valence-corrected chi connectivity index (χ4v) is 1.78. The van der Waals surface area contributed by atoms with Gasteiger partial charge in [0.1, 0.15) is 18.2 Å². The Bertz CT molecular complexity index is 336. The van der Waals surface area contributed by atoms with Crippen molar-refractivity contribution in [3.05, 3.63) is 30.1 Å². The zero-order chi connectivity index (χ0) is 11.2. The molecule has 0 aliphatic carbocycles. The van der Waals surface area contributed by atoms with Gasteiger partial charge in [0.25, 0.3) is 0 Å². The van der Waals surface area contributed by atoms with Crippen LogP contribution in [0.25, 0.3) is 0 Å². The number of nitrogens with one attached hydrogen (secondary N) is 1. The van der Waals surface area contributed by atoms with Crippen molar-refractivity contribution in [3.8, 4) is 5.75 Å². The molecule has 3 nitrogen and oxygen atoms in total. The van der Waals surface area contributed by atoms with Gasteiger partial charge in [-0.3, -0.25) is 4.90 Å². The van der Waals surface area contributed by atoms with Crippen molar-refractivity contribution in [2.24, 2.45) is 0 Å². The normalized spacial score (nSPS) is 15.4. The first kappa shape index (κ1) is 17.4. The monoisotopic (exact) mass is 296 g/mol. The molecule has 0 radical (unpaired) electrons. The van der Waals surface area contributed by atoms with Gasteiger partial charge in [-0.05, 0) is 12.1 Å². The summed E-state index contributed by atoms with van der Waals surface area (Å²) >= 11 is 0. The molecule has 0 bridgehead atoms. The van der Waals surface area contributed by atoms with E-state index < -0.39 is 0 Å². The molecule has 1 aliphatic rings. The first-order valence-corrected chi connectivity index (χ1v) is 5.66. The van der Waals surface area contributed by atoms with E-state index in [4.69, 9.17) is 4.74 Å². The fraction of sp³-hybridized carbons (Fsp3) is 0.500. The van der Waals surface area contributed by atoms with E-state index in [1.807, 2.05) is 0 Å². The average molecular weight is 297 g/mol. The molecule has 18 heavy (non-hydrogen) atoms. The first-order chi connectivity index (χ1) is 7.84. The first-order valence-electron chi connectivity index (χ1n) is 5.66. The van der Waals surface area contributed by atoms with Gasteiger partial charge in [-0.1, -0.05) is 6.07 Å². The quantitative estimate of drug-likeness (QED) is 0.919. The molecule has 1 N–H and O–H groups in total. The van der Waals surface area contributed by atoms with Crippen LogP contribution in [0.1, 0.15) is 0 Å². The van der Waals surface area contributed by atoms with Crippen molar-refractivity contribution in [1.29, 1.82) is 0 Å². The summed E-state index contributed by atoms with van der Waals surface area (Å²) in [6, 6.07) is 6.28. The Labute approximate surface area is 120 Å². The van der Waals surface area contributed by atoms with Crippen LogP contribution in [-0.4, -0.2) is 44.2 Å². The summed E-state index contributed by atoms with van der Waals surface area (Å²) < 4.78 is 18.3. The van der Waals surface area contributed by atoms with E-state index in [2.05, 4.69) is 10.2 Å². The largest absolute Gasteiger partial charge is 0.492 e. The van der Waals surface area contributed by atoms with Gasteiger partial charge in [-0.25, -0.2) is 4.39 Å². The maximum Gasteiger partial charge on any atom is 0.126 e. The zero-order valence-electron chi connectivity index (χ0n) is 10.1. The number of nitrogens with zero attached hydrogens (tertiary/aromatic N) is 1. The molecule has 1 fully saturated rings. The Hall–Kier alpha value is -0.550. The molecular formula is C12H19Cl2FN2O. The van der Waals surface area contributed by atoms with Crippen LogP contribution in [0.15, 0.2) is 24.3 Å². The maximum atomic E-state index is 12.9. The van der Waals surface area contributed by atoms with Gasteiger partial charge in [0.2, 0.25) is 0 Å². The molecule has 0 saturated carbocycles. The number of piperazine rings is 1. The van der Waals surface area contributed by atoms with Crippen LogP contribution in [0.3, 0.4) is 0 Å². The molecule has 1 aliphatic heterocycles. The molecule has 0 atom stereocenters. The molecule has 104 valence electrons. The third-order valence-electron chi connectivity index (χ3n) is 2.68. The lowest BCUT2D eigenvalue weighted by molar-refractivity contribution is 0.191. The Morgan fingerprint density at radius 3 is 2.61 bits per heavy atom. The van der Waals surface area contributed by atoms with E-state index in [1.165, 1.54) is 12.1 Å². The van der Waals surface area contributed by atoms with Gasteiger partial charge in [0, 0.05) is 38.8 Å². The zero-order valence-corrected chi connectivity index (χ0v) is 11.7. The molecular weight excluding hydrogens is 278 g/mol. The summed E-state index contributed by atoms with van der Waals surface area (Å²) in [5.74, 6) is 0.356. The molecule has 0 spiro atoms. The predicted molar refractivity (Wildman–Crippen MR) is 75.7 cm³/mol. The molecule has 6 heteroatoms. The fourth-order valence-electron chi connectivity index (χ4n) is 1.78. The third-order valence-corrected chi connectivity index (χ3v) is 2.68. The summed E-state index contributed by atoms with van der Waals surface area (Å²) in [5, 5.41) is 3.30. The van der Waals surface area contributed by atoms with Crippen molar-refractivity contribution < 1.29 is 9.13 Å². The molecule has 1 aromatic carbocycles. The minimum Gasteiger partial charge on any atom is -0.492 e. The molecule has 0 unspecified atom stereocenters. The number of benzene rings is 1. The second-order valence-electron chi connectivity index (χ2n) is 3.90. The SMILES string of the molecule is Cl.Cl.Fc1cccc(OCCN2CCNCC2)c1. The van der Waals surface area contributed by atoms with Gasteiger partial charge in [0.05, 0.1) is 0 Å². The van der Waals surface area contributed by atoms with E-state index in [1.54, 1.807) is 12.1 Å². The Kier molecular flexibility index (Phi) is 9.10. The minimum atomic E-state index is -0.250. The van der Waals surface area contributed by atoms with E-state index in [0.29, 0.717) is 12.4 Å². The molecule has 1 aromatic rings. The summed E-state index contributed by atoms with van der Waals surface area (Å²) in [6.07, 6.45) is 0. The van der Waals surface area contributed by atoms with Crippen molar-refractivity contribution in [3.63, 3.8) is 0 Å². The van der Waals surface area contributed by atoms with Crippen molar-refractivity contribution in [1.82, 2.24) is 10.2 Å². The topological polar surface area (TPSA) is 24.5 Å².